The third-order valence-electron chi connectivity index (χ3n) is 6.28. The van der Waals surface area contributed by atoms with Crippen molar-refractivity contribution in [3.63, 3.8) is 0 Å². The number of aromatic nitrogens is 4. The molecule has 3 aromatic heterocycles. The molecule has 32 heavy (non-hydrogen) atoms. The number of rotatable bonds is 4. The number of amides is 1. The molecule has 7 nitrogen and oxygen atoms in total. The summed E-state index contributed by atoms with van der Waals surface area (Å²) in [6.07, 6.45) is 5.05. The fourth-order valence-electron chi connectivity index (χ4n) is 4.51. The Morgan fingerprint density at radius 3 is 2.47 bits per heavy atom. The van der Waals surface area contributed by atoms with E-state index in [2.05, 4.69) is 32.5 Å². The van der Waals surface area contributed by atoms with Gasteiger partial charge in [0.1, 0.15) is 11.5 Å². The highest BCUT2D eigenvalue weighted by molar-refractivity contribution is 5.91. The highest BCUT2D eigenvalue weighted by atomic mass is 19.1. The van der Waals surface area contributed by atoms with Gasteiger partial charge >= 0.3 is 0 Å². The zero-order valence-electron chi connectivity index (χ0n) is 17.7. The van der Waals surface area contributed by atoms with Crippen LogP contribution in [-0.4, -0.2) is 45.6 Å². The minimum absolute atomic E-state index is 0.255. The molecule has 4 heterocycles. The molecule has 0 aliphatic carbocycles. The van der Waals surface area contributed by atoms with Gasteiger partial charge in [-0.3, -0.25) is 4.79 Å². The van der Waals surface area contributed by atoms with Crippen LogP contribution in [0.3, 0.4) is 0 Å². The fourth-order valence-corrected chi connectivity index (χ4v) is 4.51. The molecule has 1 saturated heterocycles. The van der Waals surface area contributed by atoms with Crippen LogP contribution in [0.25, 0.3) is 5.65 Å². The quantitative estimate of drug-likeness (QED) is 0.538. The van der Waals surface area contributed by atoms with Gasteiger partial charge in [0.05, 0.1) is 5.69 Å². The molecule has 0 atom stereocenters. The van der Waals surface area contributed by atoms with Crippen molar-refractivity contribution in [2.45, 2.75) is 18.3 Å². The Hall–Kier alpha value is -3.81. The van der Waals surface area contributed by atoms with Crippen molar-refractivity contribution in [3.8, 4) is 0 Å². The van der Waals surface area contributed by atoms with Crippen LogP contribution in [0.2, 0.25) is 0 Å². The summed E-state index contributed by atoms with van der Waals surface area (Å²) in [6, 6.07) is 17.0. The van der Waals surface area contributed by atoms with E-state index >= 15 is 0 Å². The van der Waals surface area contributed by atoms with Crippen LogP contribution in [0.4, 0.5) is 10.2 Å². The lowest BCUT2D eigenvalue weighted by atomic mass is 9.70. The number of carbonyl (C=O) groups excluding carboxylic acids is 1. The summed E-state index contributed by atoms with van der Waals surface area (Å²) in [7, 11) is 1.57. The first-order valence-corrected chi connectivity index (χ1v) is 10.6. The SMILES string of the molecule is CNC(=O)c1ccc(N2CCC(c3ccccc3)(c3cn4cc(F)ccc4n3)CC2)nn1. The van der Waals surface area contributed by atoms with E-state index in [0.29, 0.717) is 5.69 Å². The van der Waals surface area contributed by atoms with Gasteiger partial charge in [0.2, 0.25) is 0 Å². The Morgan fingerprint density at radius 1 is 1.00 bits per heavy atom. The monoisotopic (exact) mass is 430 g/mol. The fraction of sp³-hybridized carbons (Fsp3) is 0.250. The Balaban J connectivity index is 1.46. The molecule has 1 N–H and O–H groups in total. The zero-order valence-corrected chi connectivity index (χ0v) is 17.7. The third-order valence-corrected chi connectivity index (χ3v) is 6.28. The maximum absolute atomic E-state index is 13.8. The summed E-state index contributed by atoms with van der Waals surface area (Å²) in [4.78, 5) is 18.8. The number of nitrogens with one attached hydrogen (secondary N) is 1. The van der Waals surface area contributed by atoms with E-state index in [0.717, 1.165) is 43.1 Å². The number of hydrogen-bond donors (Lipinski definition) is 1. The summed E-state index contributed by atoms with van der Waals surface area (Å²) in [5.74, 6) is 0.203. The Morgan fingerprint density at radius 2 is 1.78 bits per heavy atom. The van der Waals surface area contributed by atoms with Gasteiger partial charge < -0.3 is 14.6 Å². The van der Waals surface area contributed by atoms with E-state index in [4.69, 9.17) is 4.98 Å². The highest BCUT2D eigenvalue weighted by Gasteiger charge is 2.40. The Labute approximate surface area is 184 Å². The number of halogens is 1. The number of fused-ring (bicyclic) bond motifs is 1. The molecule has 1 fully saturated rings. The van der Waals surface area contributed by atoms with Gasteiger partial charge in [0, 0.05) is 37.9 Å². The van der Waals surface area contributed by atoms with E-state index < -0.39 is 0 Å². The molecular weight excluding hydrogens is 407 g/mol. The molecule has 0 spiro atoms. The van der Waals surface area contributed by atoms with Crippen molar-refractivity contribution in [1.29, 1.82) is 0 Å². The second-order valence-corrected chi connectivity index (χ2v) is 8.03. The smallest absolute Gasteiger partial charge is 0.271 e. The predicted octanol–water partition coefficient (Wildman–Crippen LogP) is 3.21. The number of imidazole rings is 1. The van der Waals surface area contributed by atoms with E-state index in [-0.39, 0.29) is 17.1 Å². The molecule has 8 heteroatoms. The lowest BCUT2D eigenvalue weighted by Crippen LogP contribution is -2.44. The molecule has 5 rings (SSSR count). The number of nitrogens with zero attached hydrogens (tertiary/aromatic N) is 5. The van der Waals surface area contributed by atoms with Crippen molar-refractivity contribution in [1.82, 2.24) is 24.9 Å². The van der Waals surface area contributed by atoms with Gasteiger partial charge in [-0.25, -0.2) is 9.37 Å². The van der Waals surface area contributed by atoms with Gasteiger partial charge in [-0.2, -0.15) is 0 Å². The van der Waals surface area contributed by atoms with Crippen LogP contribution in [-0.2, 0) is 5.41 Å². The second-order valence-electron chi connectivity index (χ2n) is 8.03. The first-order valence-electron chi connectivity index (χ1n) is 10.6. The lowest BCUT2D eigenvalue weighted by molar-refractivity contribution is 0.0957. The number of anilines is 1. The third kappa shape index (κ3) is 3.47. The van der Waals surface area contributed by atoms with Crippen molar-refractivity contribution >= 4 is 17.4 Å². The number of pyridine rings is 1. The summed E-state index contributed by atoms with van der Waals surface area (Å²) >= 11 is 0. The van der Waals surface area contributed by atoms with E-state index in [1.54, 1.807) is 23.6 Å². The molecule has 0 bridgehead atoms. The molecule has 4 aromatic rings. The minimum Gasteiger partial charge on any atom is -0.355 e. The van der Waals surface area contributed by atoms with Crippen molar-refractivity contribution < 1.29 is 9.18 Å². The number of hydrogen-bond acceptors (Lipinski definition) is 5. The lowest BCUT2D eigenvalue weighted by Gasteiger charge is -2.41. The largest absolute Gasteiger partial charge is 0.355 e. The molecule has 162 valence electrons. The summed E-state index contributed by atoms with van der Waals surface area (Å²) < 4.78 is 15.5. The van der Waals surface area contributed by atoms with Crippen molar-refractivity contribution in [2.75, 3.05) is 25.0 Å². The first kappa shape index (κ1) is 20.1. The van der Waals surface area contributed by atoms with Crippen LogP contribution in [0, 0.1) is 5.82 Å². The molecule has 1 amide bonds. The average molecular weight is 430 g/mol. The number of piperidine rings is 1. The second kappa shape index (κ2) is 8.03. The van der Waals surface area contributed by atoms with Gasteiger partial charge in [0.15, 0.2) is 11.5 Å². The highest BCUT2D eigenvalue weighted by Crippen LogP contribution is 2.42. The maximum atomic E-state index is 13.8. The van der Waals surface area contributed by atoms with Crippen molar-refractivity contribution in [3.05, 3.63) is 89.8 Å². The summed E-state index contributed by atoms with van der Waals surface area (Å²) in [5.41, 5.74) is 2.88. The molecule has 0 radical (unpaired) electrons. The minimum atomic E-state index is -0.288. The molecule has 1 aromatic carbocycles. The van der Waals surface area contributed by atoms with E-state index in [9.17, 15) is 9.18 Å². The standard InChI is InChI=1S/C24H23FN6O/c1-26-23(32)19-8-10-22(29-28-19)30-13-11-24(12-14-30,17-5-3-2-4-6-17)20-16-31-15-18(25)7-9-21(31)27-20/h2-10,15-16H,11-14H2,1H3,(H,26,32). The van der Waals surface area contributed by atoms with E-state index in [1.165, 1.54) is 17.8 Å². The van der Waals surface area contributed by atoms with Crippen molar-refractivity contribution in [2.24, 2.45) is 0 Å². The van der Waals surface area contributed by atoms with Crippen LogP contribution in [0.15, 0.2) is 67.0 Å². The topological polar surface area (TPSA) is 75.4 Å². The molecule has 0 saturated carbocycles. The number of benzene rings is 1. The average Bonchev–Trinajstić information content (AvgIpc) is 3.28. The maximum Gasteiger partial charge on any atom is 0.271 e. The number of carbonyl (C=O) groups is 1. The molecule has 0 unspecified atom stereocenters. The predicted molar refractivity (Wildman–Crippen MR) is 119 cm³/mol. The van der Waals surface area contributed by atoms with Crippen LogP contribution >= 0.6 is 0 Å². The van der Waals surface area contributed by atoms with E-state index in [1.807, 2.05) is 30.5 Å². The van der Waals surface area contributed by atoms with Gasteiger partial charge in [-0.1, -0.05) is 30.3 Å². The van der Waals surface area contributed by atoms with Crippen LogP contribution < -0.4 is 10.2 Å². The van der Waals surface area contributed by atoms with Crippen LogP contribution in [0.5, 0.6) is 0 Å². The summed E-state index contributed by atoms with van der Waals surface area (Å²) in [6.45, 7) is 1.51. The summed E-state index contributed by atoms with van der Waals surface area (Å²) in [5, 5.41) is 10.9. The van der Waals surface area contributed by atoms with Gasteiger partial charge in [0.25, 0.3) is 5.91 Å². The zero-order chi connectivity index (χ0) is 22.1. The van der Waals surface area contributed by atoms with Gasteiger partial charge in [-0.15, -0.1) is 10.2 Å². The Kier molecular flexibility index (Phi) is 5.05. The Bertz CT molecular complexity index is 1250. The molecule has 1 aliphatic rings. The molecular formula is C24H23FN6O. The molecule has 1 aliphatic heterocycles. The van der Waals surface area contributed by atoms with Gasteiger partial charge in [-0.05, 0) is 42.7 Å². The normalized spacial score (nSPS) is 15.6. The van der Waals surface area contributed by atoms with Crippen LogP contribution in [0.1, 0.15) is 34.6 Å². The first-order chi connectivity index (χ1) is 15.6.